The van der Waals surface area contributed by atoms with Crippen LogP contribution in [0.25, 0.3) is 0 Å². The van der Waals surface area contributed by atoms with Gasteiger partial charge in [0.1, 0.15) is 0 Å². The van der Waals surface area contributed by atoms with Crippen molar-refractivity contribution in [2.24, 2.45) is 5.73 Å². The van der Waals surface area contributed by atoms with Crippen molar-refractivity contribution in [2.45, 2.75) is 71.3 Å². The Balaban J connectivity index is 2.13. The standard InChI is InChI=1S/C18H30FNO/c1-3-4-5-6-7-8-9-10-13-21-18-12-11-16(15(2)20)14-17(18)19/h11-12,14-15H,3-10,13,20H2,1-2H3/t15-/m0/s1. The SMILES string of the molecule is CCCCCCCCCCOc1ccc([C@H](C)N)cc1F. The highest BCUT2D eigenvalue weighted by atomic mass is 19.1. The van der Waals surface area contributed by atoms with Gasteiger partial charge in [0.25, 0.3) is 0 Å². The quantitative estimate of drug-likeness (QED) is 0.557. The Morgan fingerprint density at radius 3 is 2.24 bits per heavy atom. The van der Waals surface area contributed by atoms with Crippen LogP contribution in [0.15, 0.2) is 18.2 Å². The topological polar surface area (TPSA) is 35.2 Å². The van der Waals surface area contributed by atoms with Crippen LogP contribution in [-0.2, 0) is 0 Å². The molecule has 0 aliphatic carbocycles. The number of ether oxygens (including phenoxy) is 1. The lowest BCUT2D eigenvalue weighted by Crippen LogP contribution is -2.06. The Morgan fingerprint density at radius 1 is 1.05 bits per heavy atom. The summed E-state index contributed by atoms with van der Waals surface area (Å²) in [6.45, 7) is 4.66. The summed E-state index contributed by atoms with van der Waals surface area (Å²) in [5.41, 5.74) is 6.52. The fourth-order valence-corrected chi connectivity index (χ4v) is 2.34. The highest BCUT2D eigenvalue weighted by molar-refractivity contribution is 5.30. The van der Waals surface area contributed by atoms with Gasteiger partial charge in [0.15, 0.2) is 11.6 Å². The Labute approximate surface area is 128 Å². The third kappa shape index (κ3) is 7.47. The average Bonchev–Trinajstić information content (AvgIpc) is 2.46. The molecule has 0 saturated carbocycles. The average molecular weight is 295 g/mol. The smallest absolute Gasteiger partial charge is 0.165 e. The number of hydrogen-bond donors (Lipinski definition) is 1. The van der Waals surface area contributed by atoms with Gasteiger partial charge in [-0.25, -0.2) is 4.39 Å². The van der Waals surface area contributed by atoms with Gasteiger partial charge in [-0.05, 0) is 31.0 Å². The van der Waals surface area contributed by atoms with E-state index in [0.29, 0.717) is 12.4 Å². The molecule has 0 aromatic heterocycles. The molecule has 0 radical (unpaired) electrons. The molecule has 2 N–H and O–H groups in total. The van der Waals surface area contributed by atoms with Crippen LogP contribution >= 0.6 is 0 Å². The number of unbranched alkanes of at least 4 members (excludes halogenated alkanes) is 7. The van der Waals surface area contributed by atoms with Crippen molar-refractivity contribution >= 4 is 0 Å². The van der Waals surface area contributed by atoms with Gasteiger partial charge in [0.05, 0.1) is 6.61 Å². The van der Waals surface area contributed by atoms with Crippen molar-refractivity contribution < 1.29 is 9.13 Å². The first kappa shape index (κ1) is 18.0. The van der Waals surface area contributed by atoms with Crippen molar-refractivity contribution in [3.8, 4) is 5.75 Å². The summed E-state index contributed by atoms with van der Waals surface area (Å²) in [5, 5.41) is 0. The van der Waals surface area contributed by atoms with E-state index in [4.69, 9.17) is 10.5 Å². The summed E-state index contributed by atoms with van der Waals surface area (Å²) in [7, 11) is 0. The lowest BCUT2D eigenvalue weighted by Gasteiger charge is -2.10. The van der Waals surface area contributed by atoms with E-state index in [9.17, 15) is 4.39 Å². The molecule has 0 unspecified atom stereocenters. The van der Waals surface area contributed by atoms with E-state index < -0.39 is 0 Å². The highest BCUT2D eigenvalue weighted by Gasteiger charge is 2.07. The number of halogens is 1. The van der Waals surface area contributed by atoms with Crippen LogP contribution in [0.4, 0.5) is 4.39 Å². The van der Waals surface area contributed by atoms with E-state index in [2.05, 4.69) is 6.92 Å². The van der Waals surface area contributed by atoms with Gasteiger partial charge in [-0.3, -0.25) is 0 Å². The van der Waals surface area contributed by atoms with Gasteiger partial charge >= 0.3 is 0 Å². The van der Waals surface area contributed by atoms with E-state index in [0.717, 1.165) is 18.4 Å². The molecule has 0 aliphatic rings. The zero-order chi connectivity index (χ0) is 15.5. The zero-order valence-corrected chi connectivity index (χ0v) is 13.5. The molecule has 0 fully saturated rings. The monoisotopic (exact) mass is 295 g/mol. The first-order valence-electron chi connectivity index (χ1n) is 8.33. The molecule has 1 rings (SSSR count). The molecule has 2 nitrogen and oxygen atoms in total. The minimum Gasteiger partial charge on any atom is -0.491 e. The van der Waals surface area contributed by atoms with Gasteiger partial charge in [-0.1, -0.05) is 57.9 Å². The van der Waals surface area contributed by atoms with Crippen molar-refractivity contribution in [1.82, 2.24) is 0 Å². The zero-order valence-electron chi connectivity index (χ0n) is 13.5. The molecule has 0 amide bonds. The molecule has 0 spiro atoms. The number of benzene rings is 1. The van der Waals surface area contributed by atoms with Crippen LogP contribution in [0.3, 0.4) is 0 Å². The summed E-state index contributed by atoms with van der Waals surface area (Å²) in [6.07, 6.45) is 10.0. The van der Waals surface area contributed by atoms with Crippen LogP contribution in [0, 0.1) is 5.82 Å². The van der Waals surface area contributed by atoms with Crippen LogP contribution in [0.2, 0.25) is 0 Å². The van der Waals surface area contributed by atoms with E-state index in [1.165, 1.54) is 44.6 Å². The third-order valence-electron chi connectivity index (χ3n) is 3.74. The van der Waals surface area contributed by atoms with Crippen LogP contribution in [0.1, 0.15) is 76.8 Å². The van der Waals surface area contributed by atoms with E-state index in [-0.39, 0.29) is 11.9 Å². The van der Waals surface area contributed by atoms with Gasteiger partial charge in [-0.2, -0.15) is 0 Å². The molecule has 21 heavy (non-hydrogen) atoms. The van der Waals surface area contributed by atoms with Crippen molar-refractivity contribution in [3.63, 3.8) is 0 Å². The summed E-state index contributed by atoms with van der Waals surface area (Å²) >= 11 is 0. The van der Waals surface area contributed by atoms with Gasteiger partial charge in [-0.15, -0.1) is 0 Å². The Morgan fingerprint density at radius 2 is 1.67 bits per heavy atom. The fourth-order valence-electron chi connectivity index (χ4n) is 2.34. The largest absolute Gasteiger partial charge is 0.491 e. The minimum absolute atomic E-state index is 0.152. The van der Waals surface area contributed by atoms with Gasteiger partial charge in [0, 0.05) is 6.04 Å². The predicted molar refractivity (Wildman–Crippen MR) is 87.1 cm³/mol. The fraction of sp³-hybridized carbons (Fsp3) is 0.667. The molecular weight excluding hydrogens is 265 g/mol. The van der Waals surface area contributed by atoms with Crippen molar-refractivity contribution in [2.75, 3.05) is 6.61 Å². The third-order valence-corrected chi connectivity index (χ3v) is 3.74. The lowest BCUT2D eigenvalue weighted by atomic mass is 10.1. The van der Waals surface area contributed by atoms with Crippen LogP contribution in [-0.4, -0.2) is 6.61 Å². The minimum atomic E-state index is -0.315. The molecule has 1 aromatic rings. The summed E-state index contributed by atoms with van der Waals surface area (Å²) in [5.74, 6) is 0.0201. The van der Waals surface area contributed by atoms with Crippen molar-refractivity contribution in [1.29, 1.82) is 0 Å². The molecule has 1 atom stereocenters. The second kappa shape index (κ2) is 10.6. The van der Waals surface area contributed by atoms with Gasteiger partial charge < -0.3 is 10.5 Å². The molecule has 0 aliphatic heterocycles. The Hall–Kier alpha value is -1.09. The molecular formula is C18H30FNO. The summed E-state index contributed by atoms with van der Waals surface area (Å²) < 4.78 is 19.3. The number of nitrogens with two attached hydrogens (primary N) is 1. The van der Waals surface area contributed by atoms with E-state index in [1.54, 1.807) is 6.07 Å². The van der Waals surface area contributed by atoms with Gasteiger partial charge in [0.2, 0.25) is 0 Å². The van der Waals surface area contributed by atoms with Crippen LogP contribution in [0.5, 0.6) is 5.75 Å². The summed E-state index contributed by atoms with van der Waals surface area (Å²) in [6, 6.07) is 4.82. The first-order chi connectivity index (χ1) is 10.1. The van der Waals surface area contributed by atoms with E-state index >= 15 is 0 Å². The first-order valence-corrected chi connectivity index (χ1v) is 8.33. The number of rotatable bonds is 11. The second-order valence-electron chi connectivity index (χ2n) is 5.80. The number of hydrogen-bond acceptors (Lipinski definition) is 2. The molecule has 0 heterocycles. The molecule has 0 bridgehead atoms. The maximum atomic E-state index is 13.8. The van der Waals surface area contributed by atoms with Crippen LogP contribution < -0.4 is 10.5 Å². The Kier molecular flexibility index (Phi) is 9.07. The molecule has 120 valence electrons. The predicted octanol–water partition coefficient (Wildman–Crippen LogP) is 5.36. The van der Waals surface area contributed by atoms with E-state index in [1.807, 2.05) is 13.0 Å². The Bertz CT molecular complexity index is 393. The molecule has 0 saturated heterocycles. The normalized spacial score (nSPS) is 12.4. The maximum absolute atomic E-state index is 13.8. The second-order valence-corrected chi connectivity index (χ2v) is 5.80. The highest BCUT2D eigenvalue weighted by Crippen LogP contribution is 2.21. The lowest BCUT2D eigenvalue weighted by molar-refractivity contribution is 0.289. The molecule has 3 heteroatoms. The maximum Gasteiger partial charge on any atom is 0.165 e. The molecule has 1 aromatic carbocycles. The van der Waals surface area contributed by atoms with Crippen molar-refractivity contribution in [3.05, 3.63) is 29.6 Å². The summed E-state index contributed by atoms with van der Waals surface area (Å²) in [4.78, 5) is 0.